The summed E-state index contributed by atoms with van der Waals surface area (Å²) < 4.78 is 0.907. The van der Waals surface area contributed by atoms with Crippen molar-refractivity contribution in [1.29, 1.82) is 0 Å². The number of β-lactam (4-membered cyclic amide) rings is 2. The van der Waals surface area contributed by atoms with Crippen molar-refractivity contribution in [1.82, 2.24) is 30.4 Å². The SMILES string of the molecule is CC(C)(O/N=C(\C(=O)C[C@@H]1C(=O)N2C(C(=O)[O-])=C(C[N+]3(CCNC(=O)c4ccc(O)c(O)c4Cl)CCCC3)CS[C@H]12)c1csc(N)n1)C(=O)[O-].CC(C)(O/N=C(\C(=O)C[C@@H]1C(=O)N2C(C(=O)[O-])=C(C[N+]3(CCNC(=O)c4ccc(O)c(O)c4Cl)CCCC3)CS[C@H]12)c1csc(N)n1)C(=O)[O-].[Na+].[Na+]. The molecule has 0 radical (unpaired) electrons. The average molecular weight is 1550 g/mol. The van der Waals surface area contributed by atoms with Crippen molar-refractivity contribution >= 4 is 150 Å². The van der Waals surface area contributed by atoms with Gasteiger partial charge in [0, 0.05) is 71.9 Å². The Bertz CT molecular complexity index is 3880. The molecule has 0 bridgehead atoms. The molecule has 536 valence electrons. The number of nitrogen functional groups attached to an aromatic ring is 2. The van der Waals surface area contributed by atoms with Gasteiger partial charge in [0.15, 0.2) is 67.5 Å². The van der Waals surface area contributed by atoms with Crippen LogP contribution in [-0.2, 0) is 48.0 Å². The molecule has 32 nitrogen and oxygen atoms in total. The maximum Gasteiger partial charge on any atom is 1.00 e. The first-order valence-corrected chi connectivity index (χ1v) is 35.6. The molecule has 4 atom stereocenters. The smallest absolute Gasteiger partial charge is 0.546 e. The van der Waals surface area contributed by atoms with Gasteiger partial charge in [-0.25, -0.2) is 9.97 Å². The van der Waals surface area contributed by atoms with Gasteiger partial charge >= 0.3 is 59.1 Å². The number of phenols is 4. The Morgan fingerprint density at radius 3 is 1.25 bits per heavy atom. The number of quaternary nitrogens is 2. The number of halogens is 2. The van der Waals surface area contributed by atoms with Gasteiger partial charge in [-0.15, -0.1) is 46.2 Å². The van der Waals surface area contributed by atoms with E-state index in [1.165, 1.54) is 74.1 Å². The molecule has 102 heavy (non-hydrogen) atoms. The second kappa shape index (κ2) is 34.0. The normalized spacial score (nSPS) is 19.9. The van der Waals surface area contributed by atoms with Crippen molar-refractivity contribution in [2.45, 2.75) is 88.2 Å². The third-order valence-corrected chi connectivity index (χ3v) is 22.7. The number of Topliss-reactive ketones (excluding diaryl/α,β-unsaturated/α-hetero) is 2. The minimum Gasteiger partial charge on any atom is -0.546 e. The summed E-state index contributed by atoms with van der Waals surface area (Å²) >= 11 is 16.7. The summed E-state index contributed by atoms with van der Waals surface area (Å²) in [6, 6.07) is 4.89. The molecule has 2 aromatic carbocycles. The van der Waals surface area contributed by atoms with Gasteiger partial charge in [-0.05, 0) is 52.0 Å². The Hall–Kier alpha value is -6.78. The second-order valence-corrected chi connectivity index (χ2v) is 30.2. The number of carbonyl (C=O) groups excluding carboxylic acids is 10. The fraction of sp³-hybridized carbons (Fsp3) is 0.452. The van der Waals surface area contributed by atoms with Crippen LogP contribution in [0.4, 0.5) is 10.3 Å². The van der Waals surface area contributed by atoms with Crippen LogP contribution in [0.5, 0.6) is 23.0 Å². The Kier molecular flexibility index (Phi) is 27.5. The summed E-state index contributed by atoms with van der Waals surface area (Å²) in [5, 5.41) is 101. The molecule has 2 aromatic heterocycles. The minimum atomic E-state index is -1.88. The number of carbonyl (C=O) groups is 10. The van der Waals surface area contributed by atoms with Crippen LogP contribution in [0, 0.1) is 11.8 Å². The van der Waals surface area contributed by atoms with Crippen molar-refractivity contribution < 1.29 is 167 Å². The monoisotopic (exact) mass is 1540 g/mol. The standard InChI is InChI=1S/2C31H35ClN6O10S2.2Na/c2*1-31(2,29(46)47)48-36-22(18-14-50-30(33)35-18)20(40)11-17-26(43)37-23(28(44)45)15(13-49-27(17)37)12-38(8-3-4-9-38)10-7-34-25(42)16-5-6-19(39)24(41)21(16)32;;/h2*5-6,14,17,27H,3-4,7-13H2,1-2H3,(H6-,33,34,35,36,39,40,41,42,44,45,46,47);;/q;;2*+1/p-2/t2*17-,27-;;/m11../s1. The van der Waals surface area contributed by atoms with Gasteiger partial charge in [0.05, 0.1) is 131 Å². The maximum absolute atomic E-state index is 13.5. The van der Waals surface area contributed by atoms with E-state index >= 15 is 0 Å². The van der Waals surface area contributed by atoms with Gasteiger partial charge < -0.3 is 101 Å². The number of nitrogens with one attached hydrogen (secondary N) is 2. The molecule has 8 heterocycles. The fourth-order valence-electron chi connectivity index (χ4n) is 12.3. The first-order valence-electron chi connectivity index (χ1n) is 31.0. The Morgan fingerprint density at radius 1 is 0.608 bits per heavy atom. The number of aromatic hydroxyl groups is 4. The van der Waals surface area contributed by atoms with Crippen molar-refractivity contribution in [2.24, 2.45) is 22.1 Å². The van der Waals surface area contributed by atoms with Crippen LogP contribution in [-0.4, -0.2) is 219 Å². The third-order valence-electron chi connectivity index (χ3n) is 17.8. The first kappa shape index (κ1) is 82.5. The quantitative estimate of drug-likeness (QED) is 0.00654. The van der Waals surface area contributed by atoms with E-state index in [-0.39, 0.29) is 162 Å². The van der Waals surface area contributed by atoms with Crippen LogP contribution < -0.4 is 102 Å². The van der Waals surface area contributed by atoms with Crippen LogP contribution in [0.3, 0.4) is 0 Å². The van der Waals surface area contributed by atoms with Crippen LogP contribution in [0.25, 0.3) is 0 Å². The van der Waals surface area contributed by atoms with E-state index in [0.717, 1.165) is 70.3 Å². The van der Waals surface area contributed by atoms with Gasteiger partial charge in [-0.1, -0.05) is 33.5 Å². The van der Waals surface area contributed by atoms with Crippen LogP contribution in [0.1, 0.15) is 98.3 Å². The summed E-state index contributed by atoms with van der Waals surface area (Å²) in [5.74, 6) is -13.3. The number of thioether (sulfide) groups is 2. The number of ketones is 2. The largest absolute Gasteiger partial charge is 1.00 e. The van der Waals surface area contributed by atoms with Gasteiger partial charge in [0.25, 0.3) is 11.8 Å². The van der Waals surface area contributed by atoms with Crippen molar-refractivity contribution in [3.8, 4) is 23.0 Å². The summed E-state index contributed by atoms with van der Waals surface area (Å²) in [7, 11) is 0. The molecular weight excluding hydrogens is 1480 g/mol. The number of aliphatic carboxylic acids is 4. The molecule has 10 rings (SSSR count). The second-order valence-electron chi connectivity index (χ2n) is 25.4. The van der Waals surface area contributed by atoms with Crippen molar-refractivity contribution in [3.05, 3.63) is 90.1 Å². The zero-order valence-corrected chi connectivity index (χ0v) is 64.7. The zero-order valence-electron chi connectivity index (χ0n) is 55.9. The van der Waals surface area contributed by atoms with E-state index in [2.05, 4.69) is 30.9 Å². The first-order chi connectivity index (χ1) is 47.1. The zero-order chi connectivity index (χ0) is 73.1. The van der Waals surface area contributed by atoms with Crippen molar-refractivity contribution in [2.75, 3.05) is 88.4 Å². The predicted molar refractivity (Wildman–Crippen MR) is 355 cm³/mol. The molecule has 4 aromatic rings. The number of nitrogens with two attached hydrogens (primary N) is 2. The number of carboxylic acids is 4. The number of oxime groups is 2. The minimum absolute atomic E-state index is 0. The fourth-order valence-corrected chi connectivity index (χ4v) is 16.7. The van der Waals surface area contributed by atoms with Gasteiger partial charge in [0.2, 0.25) is 11.8 Å². The van der Waals surface area contributed by atoms with Gasteiger partial charge in [-0.3, -0.25) is 38.6 Å². The van der Waals surface area contributed by atoms with Crippen LogP contribution in [0.15, 0.2) is 67.9 Å². The number of anilines is 2. The molecule has 40 heteroatoms. The Labute approximate surface area is 653 Å². The van der Waals surface area contributed by atoms with Gasteiger partial charge in [0.1, 0.15) is 24.5 Å². The molecule has 6 aliphatic rings. The average Bonchev–Trinajstić information content (AvgIpc) is 0.806. The molecule has 0 aliphatic carbocycles. The van der Waals surface area contributed by atoms with Crippen LogP contribution >= 0.6 is 69.4 Å². The molecule has 4 amide bonds. The number of hydrogen-bond donors (Lipinski definition) is 8. The number of aromatic nitrogens is 2. The summed E-state index contributed by atoms with van der Waals surface area (Å²) in [6.45, 7) is 9.44. The molecule has 6 aliphatic heterocycles. The molecule has 4 saturated heterocycles. The maximum atomic E-state index is 13.5. The molecule has 10 N–H and O–H groups in total. The molecular formula is C62H68Cl2N12Na2O20S4. The summed E-state index contributed by atoms with van der Waals surface area (Å²) in [4.78, 5) is 148. The summed E-state index contributed by atoms with van der Waals surface area (Å²) in [6.07, 6.45) is 2.75. The topological polar surface area (TPSA) is 495 Å². The van der Waals surface area contributed by atoms with E-state index < -0.39 is 116 Å². The number of likely N-dealkylation sites (tertiary alicyclic amines) is 2. The number of benzene rings is 2. The van der Waals surface area contributed by atoms with Crippen molar-refractivity contribution in [3.63, 3.8) is 0 Å². The van der Waals surface area contributed by atoms with Gasteiger partial charge in [-0.2, -0.15) is 0 Å². The number of nitrogens with zero attached hydrogens (tertiary/aromatic N) is 8. The Morgan fingerprint density at radius 2 is 0.951 bits per heavy atom. The number of hydrogen-bond acceptors (Lipinski definition) is 30. The molecule has 0 unspecified atom stereocenters. The van der Waals surface area contributed by atoms with E-state index in [0.29, 0.717) is 72.5 Å². The van der Waals surface area contributed by atoms with E-state index in [4.69, 9.17) is 44.3 Å². The number of rotatable bonds is 28. The van der Waals surface area contributed by atoms with E-state index in [1.807, 2.05) is 0 Å². The number of thiazole rings is 2. The Balaban J connectivity index is 0.000000280. The number of phenolic OH excluding ortho intramolecular Hbond substituents is 4. The molecule has 0 spiro atoms. The molecule has 4 fully saturated rings. The summed E-state index contributed by atoms with van der Waals surface area (Å²) in [5.41, 5.74) is 7.57. The molecule has 0 saturated carbocycles. The number of amides is 4. The van der Waals surface area contributed by atoms with E-state index in [9.17, 15) is 88.8 Å². The van der Waals surface area contributed by atoms with E-state index in [1.54, 1.807) is 0 Å². The number of carboxylic acid groups (broad SMARTS) is 4. The third kappa shape index (κ3) is 18.1. The predicted octanol–water partition coefficient (Wildman–Crippen LogP) is -6.84. The number of fused-ring (bicyclic) bond motifs is 2. The van der Waals surface area contributed by atoms with Crippen LogP contribution in [0.2, 0.25) is 10.0 Å².